The average Bonchev–Trinajstić information content (AvgIpc) is 2.85. The summed E-state index contributed by atoms with van der Waals surface area (Å²) in [6.07, 6.45) is 2.31. The van der Waals surface area contributed by atoms with Crippen molar-refractivity contribution in [2.75, 3.05) is 0 Å². The smallest absolute Gasteiger partial charge is 0.304 e. The highest BCUT2D eigenvalue weighted by Gasteiger charge is 2.45. The van der Waals surface area contributed by atoms with Crippen molar-refractivity contribution in [1.82, 2.24) is 0 Å². The van der Waals surface area contributed by atoms with Crippen molar-refractivity contribution >= 4 is 5.97 Å². The van der Waals surface area contributed by atoms with Crippen molar-refractivity contribution in [3.63, 3.8) is 0 Å². The van der Waals surface area contributed by atoms with Gasteiger partial charge in [-0.15, -0.1) is 0 Å². The maximum Gasteiger partial charge on any atom is 0.304 e. The van der Waals surface area contributed by atoms with Gasteiger partial charge in [-0.05, 0) is 25.3 Å². The van der Waals surface area contributed by atoms with Gasteiger partial charge in [0.2, 0.25) is 0 Å². The van der Waals surface area contributed by atoms with E-state index in [1.54, 1.807) is 0 Å². The van der Waals surface area contributed by atoms with E-state index in [1.165, 1.54) is 11.1 Å². The first-order valence-electron chi connectivity index (χ1n) is 4.91. The van der Waals surface area contributed by atoms with Crippen LogP contribution in [0.4, 0.5) is 0 Å². The predicted molar refractivity (Wildman–Crippen MR) is 54.3 cm³/mol. The van der Waals surface area contributed by atoms with Gasteiger partial charge in [-0.3, -0.25) is 4.79 Å². The molecule has 2 nitrogen and oxygen atoms in total. The first kappa shape index (κ1) is 9.25. The molecule has 1 N–H and O–H groups in total. The molecule has 0 unspecified atom stereocenters. The van der Waals surface area contributed by atoms with Crippen LogP contribution in [0.15, 0.2) is 24.3 Å². The van der Waals surface area contributed by atoms with E-state index in [0.717, 1.165) is 12.8 Å². The highest BCUT2D eigenvalue weighted by atomic mass is 16.4. The molecule has 1 fully saturated rings. The van der Waals surface area contributed by atoms with Crippen LogP contribution in [0.5, 0.6) is 0 Å². The maximum atomic E-state index is 10.7. The van der Waals surface area contributed by atoms with Gasteiger partial charge in [-0.25, -0.2) is 0 Å². The Kier molecular flexibility index (Phi) is 2.06. The van der Waals surface area contributed by atoms with Gasteiger partial charge in [0, 0.05) is 5.41 Å². The van der Waals surface area contributed by atoms with Crippen LogP contribution in [-0.2, 0) is 10.2 Å². The monoisotopic (exact) mass is 190 g/mol. The maximum absolute atomic E-state index is 10.7. The Balaban J connectivity index is 2.22. The van der Waals surface area contributed by atoms with Crippen molar-refractivity contribution in [2.45, 2.75) is 31.6 Å². The first-order chi connectivity index (χ1) is 6.62. The average molecular weight is 190 g/mol. The van der Waals surface area contributed by atoms with Crippen LogP contribution in [-0.4, -0.2) is 11.1 Å². The summed E-state index contributed by atoms with van der Waals surface area (Å²) in [6, 6.07) is 8.23. The number of carbonyl (C=O) groups is 1. The van der Waals surface area contributed by atoms with Gasteiger partial charge in [-0.2, -0.15) is 0 Å². The van der Waals surface area contributed by atoms with E-state index in [2.05, 4.69) is 24.3 Å². The largest absolute Gasteiger partial charge is 0.481 e. The van der Waals surface area contributed by atoms with E-state index in [4.69, 9.17) is 5.11 Å². The second-order valence-corrected chi connectivity index (χ2v) is 4.22. The normalized spacial score (nSPS) is 17.8. The van der Waals surface area contributed by atoms with Gasteiger partial charge in [0.1, 0.15) is 0 Å². The summed E-state index contributed by atoms with van der Waals surface area (Å²) in [5.74, 6) is -0.692. The van der Waals surface area contributed by atoms with Gasteiger partial charge in [0.15, 0.2) is 0 Å². The molecule has 1 aliphatic rings. The Morgan fingerprint density at radius 1 is 1.36 bits per heavy atom. The molecule has 14 heavy (non-hydrogen) atoms. The fourth-order valence-corrected chi connectivity index (χ4v) is 1.91. The molecule has 1 aromatic carbocycles. The summed E-state index contributed by atoms with van der Waals surface area (Å²) in [5.41, 5.74) is 2.37. The van der Waals surface area contributed by atoms with E-state index in [-0.39, 0.29) is 11.8 Å². The van der Waals surface area contributed by atoms with Crippen molar-refractivity contribution in [3.8, 4) is 0 Å². The van der Waals surface area contributed by atoms with Crippen molar-refractivity contribution in [2.24, 2.45) is 0 Å². The van der Waals surface area contributed by atoms with Crippen LogP contribution in [0.2, 0.25) is 0 Å². The zero-order valence-corrected chi connectivity index (χ0v) is 8.29. The minimum Gasteiger partial charge on any atom is -0.481 e. The summed E-state index contributed by atoms with van der Waals surface area (Å²) >= 11 is 0. The SMILES string of the molecule is Cc1ccc(C2(CC(=O)O)CC2)cc1. The molecule has 74 valence electrons. The number of carboxylic acid groups (broad SMARTS) is 1. The number of rotatable bonds is 3. The summed E-state index contributed by atoms with van der Waals surface area (Å²) < 4.78 is 0. The second kappa shape index (κ2) is 3.12. The predicted octanol–water partition coefficient (Wildman–Crippen LogP) is 2.50. The van der Waals surface area contributed by atoms with Crippen LogP contribution < -0.4 is 0 Å². The topological polar surface area (TPSA) is 37.3 Å². The second-order valence-electron chi connectivity index (χ2n) is 4.22. The molecular weight excluding hydrogens is 176 g/mol. The van der Waals surface area contributed by atoms with Crippen molar-refractivity contribution in [1.29, 1.82) is 0 Å². The van der Waals surface area contributed by atoms with Gasteiger partial charge in [-0.1, -0.05) is 29.8 Å². The van der Waals surface area contributed by atoms with Gasteiger partial charge in [0.25, 0.3) is 0 Å². The fourth-order valence-electron chi connectivity index (χ4n) is 1.91. The quantitative estimate of drug-likeness (QED) is 0.795. The lowest BCUT2D eigenvalue weighted by molar-refractivity contribution is -0.137. The minimum atomic E-state index is -0.692. The molecule has 0 aromatic heterocycles. The van der Waals surface area contributed by atoms with E-state index in [9.17, 15) is 4.79 Å². The summed E-state index contributed by atoms with van der Waals surface area (Å²) in [4.78, 5) is 10.7. The van der Waals surface area contributed by atoms with Gasteiger partial charge >= 0.3 is 5.97 Å². The van der Waals surface area contributed by atoms with Crippen molar-refractivity contribution in [3.05, 3.63) is 35.4 Å². The van der Waals surface area contributed by atoms with Crippen LogP contribution in [0.3, 0.4) is 0 Å². The number of hydrogen-bond acceptors (Lipinski definition) is 1. The molecule has 0 saturated heterocycles. The molecule has 0 heterocycles. The third-order valence-electron chi connectivity index (χ3n) is 3.01. The fraction of sp³-hybridized carbons (Fsp3) is 0.417. The lowest BCUT2D eigenvalue weighted by Crippen LogP contribution is -2.12. The number of aliphatic carboxylic acids is 1. The minimum absolute atomic E-state index is 0.0421. The number of benzene rings is 1. The Morgan fingerprint density at radius 2 is 1.93 bits per heavy atom. The van der Waals surface area contributed by atoms with Crippen LogP contribution >= 0.6 is 0 Å². The molecular formula is C12H14O2. The Morgan fingerprint density at radius 3 is 2.36 bits per heavy atom. The van der Waals surface area contributed by atoms with E-state index in [1.807, 2.05) is 6.92 Å². The molecule has 2 heteroatoms. The summed E-state index contributed by atoms with van der Waals surface area (Å²) in [7, 11) is 0. The number of aryl methyl sites for hydroxylation is 1. The van der Waals surface area contributed by atoms with Crippen LogP contribution in [0.25, 0.3) is 0 Å². The molecule has 2 rings (SSSR count). The Labute approximate surface area is 83.6 Å². The first-order valence-corrected chi connectivity index (χ1v) is 4.91. The molecule has 0 radical (unpaired) electrons. The molecule has 0 spiro atoms. The highest BCUT2D eigenvalue weighted by molar-refractivity contribution is 5.70. The molecule has 1 aromatic rings. The zero-order valence-electron chi connectivity index (χ0n) is 8.29. The van der Waals surface area contributed by atoms with Crippen molar-refractivity contribution < 1.29 is 9.90 Å². The van der Waals surface area contributed by atoms with Gasteiger partial charge in [0.05, 0.1) is 6.42 Å². The van der Waals surface area contributed by atoms with Crippen LogP contribution in [0.1, 0.15) is 30.4 Å². The lowest BCUT2D eigenvalue weighted by atomic mass is 9.92. The van der Waals surface area contributed by atoms with E-state index in [0.29, 0.717) is 0 Å². The lowest BCUT2D eigenvalue weighted by Gasteiger charge is -2.12. The number of carboxylic acids is 1. The Hall–Kier alpha value is -1.31. The van der Waals surface area contributed by atoms with Gasteiger partial charge < -0.3 is 5.11 Å². The van der Waals surface area contributed by atoms with E-state index < -0.39 is 5.97 Å². The van der Waals surface area contributed by atoms with Crippen LogP contribution in [0, 0.1) is 6.92 Å². The van der Waals surface area contributed by atoms with E-state index >= 15 is 0 Å². The number of hydrogen-bond donors (Lipinski definition) is 1. The third-order valence-corrected chi connectivity index (χ3v) is 3.01. The molecule has 1 saturated carbocycles. The molecule has 0 amide bonds. The summed E-state index contributed by atoms with van der Waals surface area (Å²) in [5, 5.41) is 8.81. The summed E-state index contributed by atoms with van der Waals surface area (Å²) in [6.45, 7) is 2.04. The molecule has 0 bridgehead atoms. The highest BCUT2D eigenvalue weighted by Crippen LogP contribution is 2.50. The molecule has 0 atom stereocenters. The molecule has 1 aliphatic carbocycles. The zero-order chi connectivity index (χ0) is 10.2. The Bertz CT molecular complexity index is 347. The third kappa shape index (κ3) is 1.65. The standard InChI is InChI=1S/C12H14O2/c1-9-2-4-10(5-3-9)12(6-7-12)8-11(13)14/h2-5H,6-8H2,1H3,(H,13,14). The molecule has 0 aliphatic heterocycles.